The molecule has 100 valence electrons. The predicted molar refractivity (Wildman–Crippen MR) is 70.9 cm³/mol. The quantitative estimate of drug-likeness (QED) is 0.754. The van der Waals surface area contributed by atoms with Gasteiger partial charge in [0.2, 0.25) is 0 Å². The van der Waals surface area contributed by atoms with Crippen LogP contribution in [0.15, 0.2) is 6.20 Å². The smallest absolute Gasteiger partial charge is 0.181 e. The molecule has 1 saturated heterocycles. The lowest BCUT2D eigenvalue weighted by Gasteiger charge is -2.28. The first kappa shape index (κ1) is 12.1. The second-order valence-electron chi connectivity index (χ2n) is 4.70. The molecule has 6 nitrogen and oxygen atoms in total. The molecular weight excluding hydrogens is 244 g/mol. The van der Waals surface area contributed by atoms with E-state index in [0.717, 1.165) is 42.2 Å². The fourth-order valence-corrected chi connectivity index (χ4v) is 2.38. The Morgan fingerprint density at radius 2 is 2.00 bits per heavy atom. The van der Waals surface area contributed by atoms with Crippen LogP contribution in [0, 0.1) is 13.8 Å². The third kappa shape index (κ3) is 1.98. The lowest BCUT2D eigenvalue weighted by atomic mass is 10.3. The standard InChI is InChI=1S/C13H16N4O2/c1-9-7-17-10(2)11(8-18)15-13(17)12(14-9)16-3-5-19-6-4-16/h7-8H,3-6H2,1-2H3. The number of aryl methyl sites for hydroxylation is 2. The van der Waals surface area contributed by atoms with Crippen molar-refractivity contribution in [1.29, 1.82) is 0 Å². The Hall–Kier alpha value is -1.95. The van der Waals surface area contributed by atoms with E-state index in [0.29, 0.717) is 18.9 Å². The Kier molecular flexibility index (Phi) is 2.94. The fourth-order valence-electron chi connectivity index (χ4n) is 2.38. The van der Waals surface area contributed by atoms with Crippen LogP contribution in [0.2, 0.25) is 0 Å². The number of ether oxygens (including phenoxy) is 1. The number of aldehydes is 1. The monoisotopic (exact) mass is 260 g/mol. The topological polar surface area (TPSA) is 59.7 Å². The zero-order chi connectivity index (χ0) is 13.4. The van der Waals surface area contributed by atoms with Crippen LogP contribution in [-0.4, -0.2) is 47.0 Å². The van der Waals surface area contributed by atoms with Crippen molar-refractivity contribution in [2.75, 3.05) is 31.2 Å². The van der Waals surface area contributed by atoms with Gasteiger partial charge in [0.05, 0.1) is 24.6 Å². The minimum atomic E-state index is 0.474. The maximum absolute atomic E-state index is 11.0. The van der Waals surface area contributed by atoms with Gasteiger partial charge in [-0.25, -0.2) is 9.97 Å². The van der Waals surface area contributed by atoms with E-state index in [4.69, 9.17) is 4.74 Å². The van der Waals surface area contributed by atoms with Gasteiger partial charge in [-0.2, -0.15) is 0 Å². The molecule has 0 bridgehead atoms. The molecular formula is C13H16N4O2. The van der Waals surface area contributed by atoms with Crippen molar-refractivity contribution in [3.05, 3.63) is 23.3 Å². The predicted octanol–water partition coefficient (Wildman–Crippen LogP) is 0.995. The lowest BCUT2D eigenvalue weighted by Crippen LogP contribution is -2.37. The van der Waals surface area contributed by atoms with E-state index >= 15 is 0 Å². The molecule has 1 fully saturated rings. The summed E-state index contributed by atoms with van der Waals surface area (Å²) in [7, 11) is 0. The van der Waals surface area contributed by atoms with E-state index in [1.54, 1.807) is 0 Å². The van der Waals surface area contributed by atoms with E-state index in [-0.39, 0.29) is 0 Å². The molecule has 1 aliphatic heterocycles. The van der Waals surface area contributed by atoms with Gasteiger partial charge in [0.25, 0.3) is 0 Å². The number of hydrogen-bond acceptors (Lipinski definition) is 5. The highest BCUT2D eigenvalue weighted by atomic mass is 16.5. The van der Waals surface area contributed by atoms with Gasteiger partial charge < -0.3 is 9.64 Å². The minimum Gasteiger partial charge on any atom is -0.378 e. The van der Waals surface area contributed by atoms with Gasteiger partial charge >= 0.3 is 0 Å². The van der Waals surface area contributed by atoms with Crippen molar-refractivity contribution in [2.24, 2.45) is 0 Å². The minimum absolute atomic E-state index is 0.474. The normalized spacial score (nSPS) is 16.0. The average molecular weight is 260 g/mol. The summed E-state index contributed by atoms with van der Waals surface area (Å²) in [6.07, 6.45) is 2.70. The van der Waals surface area contributed by atoms with Crippen molar-refractivity contribution in [1.82, 2.24) is 14.4 Å². The van der Waals surface area contributed by atoms with Crippen molar-refractivity contribution in [3.8, 4) is 0 Å². The summed E-state index contributed by atoms with van der Waals surface area (Å²) in [4.78, 5) is 22.2. The Balaban J connectivity index is 2.19. The number of fused-ring (bicyclic) bond motifs is 1. The number of anilines is 1. The van der Waals surface area contributed by atoms with Gasteiger partial charge in [0, 0.05) is 19.3 Å². The van der Waals surface area contributed by atoms with Gasteiger partial charge in [-0.3, -0.25) is 9.20 Å². The maximum Gasteiger partial charge on any atom is 0.181 e. The SMILES string of the molecule is Cc1cn2c(C)c(C=O)nc2c(N2CCOCC2)n1. The second-order valence-corrected chi connectivity index (χ2v) is 4.70. The molecule has 0 aliphatic carbocycles. The highest BCUT2D eigenvalue weighted by Crippen LogP contribution is 2.22. The number of carbonyl (C=O) groups is 1. The van der Waals surface area contributed by atoms with Crippen molar-refractivity contribution >= 4 is 17.8 Å². The third-order valence-corrected chi connectivity index (χ3v) is 3.41. The summed E-state index contributed by atoms with van der Waals surface area (Å²) >= 11 is 0. The molecule has 0 spiro atoms. The molecule has 3 heterocycles. The van der Waals surface area contributed by atoms with Crippen molar-refractivity contribution in [3.63, 3.8) is 0 Å². The molecule has 3 rings (SSSR count). The number of carbonyl (C=O) groups excluding carboxylic acids is 1. The first-order valence-corrected chi connectivity index (χ1v) is 6.35. The number of imidazole rings is 1. The first-order chi connectivity index (χ1) is 9.20. The van der Waals surface area contributed by atoms with E-state index in [2.05, 4.69) is 14.9 Å². The molecule has 2 aromatic rings. The molecule has 0 N–H and O–H groups in total. The van der Waals surface area contributed by atoms with Gasteiger partial charge in [0.15, 0.2) is 17.8 Å². The molecule has 0 saturated carbocycles. The average Bonchev–Trinajstić information content (AvgIpc) is 2.76. The number of nitrogens with zero attached hydrogens (tertiary/aromatic N) is 4. The summed E-state index contributed by atoms with van der Waals surface area (Å²) in [6, 6.07) is 0. The van der Waals surface area contributed by atoms with Crippen molar-refractivity contribution < 1.29 is 9.53 Å². The van der Waals surface area contributed by atoms with E-state index in [1.807, 2.05) is 24.4 Å². The van der Waals surface area contributed by atoms with Crippen LogP contribution in [0.4, 0.5) is 5.82 Å². The number of hydrogen-bond donors (Lipinski definition) is 0. The van der Waals surface area contributed by atoms with E-state index in [1.165, 1.54) is 0 Å². The van der Waals surface area contributed by atoms with Crippen LogP contribution in [0.3, 0.4) is 0 Å². The Labute approximate surface area is 111 Å². The molecule has 0 aromatic carbocycles. The molecule has 0 unspecified atom stereocenters. The Bertz CT molecular complexity index is 629. The van der Waals surface area contributed by atoms with E-state index in [9.17, 15) is 4.79 Å². The lowest BCUT2D eigenvalue weighted by molar-refractivity contribution is 0.111. The van der Waals surface area contributed by atoms with E-state index < -0.39 is 0 Å². The summed E-state index contributed by atoms with van der Waals surface area (Å²) in [5.41, 5.74) is 2.98. The van der Waals surface area contributed by atoms with Crippen LogP contribution in [0.25, 0.3) is 5.65 Å². The third-order valence-electron chi connectivity index (χ3n) is 3.41. The van der Waals surface area contributed by atoms with Gasteiger partial charge in [-0.1, -0.05) is 0 Å². The first-order valence-electron chi connectivity index (χ1n) is 6.35. The van der Waals surface area contributed by atoms with Crippen LogP contribution in [0.5, 0.6) is 0 Å². The number of morpholine rings is 1. The molecule has 19 heavy (non-hydrogen) atoms. The Morgan fingerprint density at radius 3 is 2.68 bits per heavy atom. The summed E-state index contributed by atoms with van der Waals surface area (Å²) in [6.45, 7) is 6.84. The molecule has 0 atom stereocenters. The van der Waals surface area contributed by atoms with Gasteiger partial charge in [-0.15, -0.1) is 0 Å². The van der Waals surface area contributed by atoms with Gasteiger partial charge in [0.1, 0.15) is 5.69 Å². The molecule has 6 heteroatoms. The van der Waals surface area contributed by atoms with Gasteiger partial charge in [-0.05, 0) is 13.8 Å². The van der Waals surface area contributed by atoms with Crippen LogP contribution in [-0.2, 0) is 4.74 Å². The molecule has 0 radical (unpaired) electrons. The number of rotatable bonds is 2. The summed E-state index contributed by atoms with van der Waals surface area (Å²) in [5.74, 6) is 0.833. The summed E-state index contributed by atoms with van der Waals surface area (Å²) < 4.78 is 7.30. The number of aromatic nitrogens is 3. The molecule has 0 amide bonds. The van der Waals surface area contributed by atoms with Crippen LogP contribution in [0.1, 0.15) is 21.9 Å². The molecule has 1 aliphatic rings. The highest BCUT2D eigenvalue weighted by Gasteiger charge is 2.19. The zero-order valence-corrected chi connectivity index (χ0v) is 11.1. The fraction of sp³-hybridized carbons (Fsp3) is 0.462. The molecule has 2 aromatic heterocycles. The second kappa shape index (κ2) is 4.62. The summed E-state index contributed by atoms with van der Waals surface area (Å²) in [5, 5.41) is 0. The van der Waals surface area contributed by atoms with Crippen LogP contribution < -0.4 is 4.90 Å². The highest BCUT2D eigenvalue weighted by molar-refractivity contribution is 5.78. The largest absolute Gasteiger partial charge is 0.378 e. The Morgan fingerprint density at radius 1 is 1.26 bits per heavy atom. The van der Waals surface area contributed by atoms with Crippen molar-refractivity contribution in [2.45, 2.75) is 13.8 Å². The zero-order valence-electron chi connectivity index (χ0n) is 11.1. The van der Waals surface area contributed by atoms with Crippen LogP contribution >= 0.6 is 0 Å². The maximum atomic E-state index is 11.0.